The average molecular weight is 350 g/mol. The lowest BCUT2D eigenvalue weighted by atomic mass is 9.78. The molecule has 0 aliphatic carbocycles. The van der Waals surface area contributed by atoms with Crippen molar-refractivity contribution in [1.82, 2.24) is 5.32 Å². The molecule has 0 saturated carbocycles. The van der Waals surface area contributed by atoms with Crippen LogP contribution in [0.25, 0.3) is 0 Å². The number of nitrogens with one attached hydrogen (secondary N) is 1. The second-order valence-electron chi connectivity index (χ2n) is 5.80. The van der Waals surface area contributed by atoms with Gasteiger partial charge < -0.3 is 10.1 Å². The van der Waals surface area contributed by atoms with Crippen molar-refractivity contribution in [1.29, 1.82) is 0 Å². The number of amides is 1. The van der Waals surface area contributed by atoms with Crippen molar-refractivity contribution in [2.24, 2.45) is 0 Å². The number of benzene rings is 1. The normalized spacial score (nSPS) is 16.9. The molecule has 1 aliphatic rings. The van der Waals surface area contributed by atoms with Crippen LogP contribution in [-0.4, -0.2) is 25.7 Å². The fraction of sp³-hybridized carbons (Fsp3) is 0.389. The summed E-state index contributed by atoms with van der Waals surface area (Å²) in [7, 11) is 0. The maximum Gasteiger partial charge on any atom is 0.231 e. The van der Waals surface area contributed by atoms with Gasteiger partial charge in [-0.1, -0.05) is 29.8 Å². The van der Waals surface area contributed by atoms with Gasteiger partial charge in [0.1, 0.15) is 0 Å². The summed E-state index contributed by atoms with van der Waals surface area (Å²) in [4.78, 5) is 14.0. The zero-order valence-electron chi connectivity index (χ0n) is 12.9. The van der Waals surface area contributed by atoms with Crippen LogP contribution in [0.2, 0.25) is 5.02 Å². The molecule has 1 amide bonds. The molecule has 122 valence electrons. The minimum absolute atomic E-state index is 0.122. The van der Waals surface area contributed by atoms with Crippen LogP contribution in [-0.2, 0) is 21.4 Å². The molecule has 0 bridgehead atoms. The zero-order chi connectivity index (χ0) is 16.1. The Hall–Kier alpha value is -1.36. The number of hydrogen-bond acceptors (Lipinski definition) is 3. The second kappa shape index (κ2) is 7.47. The second-order valence-corrected chi connectivity index (χ2v) is 7.19. The summed E-state index contributed by atoms with van der Waals surface area (Å²) in [5.41, 5.74) is 0.749. The van der Waals surface area contributed by atoms with Crippen LogP contribution in [0, 0.1) is 0 Å². The summed E-state index contributed by atoms with van der Waals surface area (Å²) in [5, 5.41) is 5.89. The van der Waals surface area contributed by atoms with Gasteiger partial charge in [-0.2, -0.15) is 0 Å². The van der Waals surface area contributed by atoms with Crippen molar-refractivity contribution in [3.05, 3.63) is 57.2 Å². The molecule has 23 heavy (non-hydrogen) atoms. The van der Waals surface area contributed by atoms with Gasteiger partial charge in [0, 0.05) is 29.7 Å². The molecule has 3 nitrogen and oxygen atoms in total. The van der Waals surface area contributed by atoms with Gasteiger partial charge in [-0.25, -0.2) is 0 Å². The van der Waals surface area contributed by atoms with E-state index in [2.05, 4.69) is 11.4 Å². The lowest BCUT2D eigenvalue weighted by Gasteiger charge is -2.35. The van der Waals surface area contributed by atoms with E-state index in [9.17, 15) is 4.79 Å². The highest BCUT2D eigenvalue weighted by atomic mass is 35.5. The Morgan fingerprint density at radius 1 is 1.22 bits per heavy atom. The number of rotatable bonds is 5. The Labute approximate surface area is 145 Å². The fourth-order valence-electron chi connectivity index (χ4n) is 3.00. The molecule has 0 atom stereocenters. The molecule has 0 radical (unpaired) electrons. The van der Waals surface area contributed by atoms with Crippen molar-refractivity contribution in [3.63, 3.8) is 0 Å². The molecule has 1 fully saturated rings. The maximum atomic E-state index is 12.9. The molecular weight excluding hydrogens is 330 g/mol. The number of halogens is 1. The first kappa shape index (κ1) is 16.5. The zero-order valence-corrected chi connectivity index (χ0v) is 14.5. The van der Waals surface area contributed by atoms with Gasteiger partial charge in [-0.3, -0.25) is 4.79 Å². The Morgan fingerprint density at radius 2 is 1.96 bits per heavy atom. The highest BCUT2D eigenvalue weighted by Gasteiger charge is 2.42. The van der Waals surface area contributed by atoms with E-state index in [0.29, 0.717) is 19.8 Å². The monoisotopic (exact) mass is 349 g/mol. The van der Waals surface area contributed by atoms with Crippen molar-refractivity contribution in [2.75, 3.05) is 19.8 Å². The van der Waals surface area contributed by atoms with E-state index in [1.54, 1.807) is 11.3 Å². The lowest BCUT2D eigenvalue weighted by molar-refractivity contribution is -0.130. The van der Waals surface area contributed by atoms with Gasteiger partial charge in [0.25, 0.3) is 0 Å². The first-order valence-corrected chi connectivity index (χ1v) is 9.11. The van der Waals surface area contributed by atoms with Crippen LogP contribution in [0.5, 0.6) is 0 Å². The molecule has 1 aromatic heterocycles. The van der Waals surface area contributed by atoms with E-state index in [1.165, 1.54) is 5.56 Å². The molecule has 0 unspecified atom stereocenters. The fourth-order valence-corrected chi connectivity index (χ4v) is 4.11. The van der Waals surface area contributed by atoms with E-state index < -0.39 is 5.41 Å². The number of carbonyl (C=O) groups excluding carboxylic acids is 1. The summed E-state index contributed by atoms with van der Waals surface area (Å²) in [5.74, 6) is 0.122. The quantitative estimate of drug-likeness (QED) is 0.891. The molecule has 5 heteroatoms. The summed E-state index contributed by atoms with van der Waals surface area (Å²) < 4.78 is 5.47. The highest BCUT2D eigenvalue weighted by Crippen LogP contribution is 2.37. The van der Waals surface area contributed by atoms with E-state index in [1.807, 2.05) is 35.7 Å². The predicted molar refractivity (Wildman–Crippen MR) is 94.2 cm³/mol. The summed E-state index contributed by atoms with van der Waals surface area (Å²) in [6, 6.07) is 11.8. The maximum absolute atomic E-state index is 12.9. The SMILES string of the molecule is O=C(NCCc1ccc(Cl)cc1)C1(c2cccs2)CCOCC1. The standard InChI is InChI=1S/C18H20ClNO2S/c19-15-5-3-14(4-6-15)7-10-20-17(21)18(8-11-22-12-9-18)16-2-1-13-23-16/h1-6,13H,7-12H2,(H,20,21). The summed E-state index contributed by atoms with van der Waals surface area (Å²) >= 11 is 7.55. The van der Waals surface area contributed by atoms with Crippen LogP contribution < -0.4 is 5.32 Å². The third kappa shape index (κ3) is 3.77. The predicted octanol–water partition coefficient (Wildman–Crippen LogP) is 3.81. The molecule has 3 rings (SSSR count). The smallest absolute Gasteiger partial charge is 0.231 e. The number of carbonyl (C=O) groups is 1. The largest absolute Gasteiger partial charge is 0.381 e. The van der Waals surface area contributed by atoms with Crippen LogP contribution in [0.3, 0.4) is 0 Å². The van der Waals surface area contributed by atoms with Crippen molar-refractivity contribution in [2.45, 2.75) is 24.7 Å². The molecule has 1 aromatic carbocycles. The Balaban J connectivity index is 1.64. The van der Waals surface area contributed by atoms with Crippen molar-refractivity contribution >= 4 is 28.8 Å². The summed E-state index contributed by atoms with van der Waals surface area (Å²) in [6.07, 6.45) is 2.31. The minimum atomic E-state index is -0.424. The third-order valence-electron chi connectivity index (χ3n) is 4.39. The van der Waals surface area contributed by atoms with E-state index in [-0.39, 0.29) is 5.91 Å². The average Bonchev–Trinajstić information content (AvgIpc) is 3.12. The molecule has 2 heterocycles. The van der Waals surface area contributed by atoms with Crippen molar-refractivity contribution < 1.29 is 9.53 Å². The Kier molecular flexibility index (Phi) is 5.36. The van der Waals surface area contributed by atoms with Crippen molar-refractivity contribution in [3.8, 4) is 0 Å². The topological polar surface area (TPSA) is 38.3 Å². The van der Waals surface area contributed by atoms with Crippen LogP contribution in [0.15, 0.2) is 41.8 Å². The molecule has 1 saturated heterocycles. The van der Waals surface area contributed by atoms with Crippen LogP contribution >= 0.6 is 22.9 Å². The first-order valence-electron chi connectivity index (χ1n) is 7.85. The number of thiophene rings is 1. The van der Waals surface area contributed by atoms with E-state index in [4.69, 9.17) is 16.3 Å². The van der Waals surface area contributed by atoms with Gasteiger partial charge in [-0.05, 0) is 48.4 Å². The van der Waals surface area contributed by atoms with Gasteiger partial charge in [0.05, 0.1) is 5.41 Å². The van der Waals surface area contributed by atoms with Gasteiger partial charge in [0.2, 0.25) is 5.91 Å². The van der Waals surface area contributed by atoms with E-state index >= 15 is 0 Å². The number of hydrogen-bond donors (Lipinski definition) is 1. The summed E-state index contributed by atoms with van der Waals surface area (Å²) in [6.45, 7) is 1.92. The Bertz CT molecular complexity index is 634. The highest BCUT2D eigenvalue weighted by molar-refractivity contribution is 7.10. The number of ether oxygens (including phenoxy) is 1. The first-order chi connectivity index (χ1) is 11.2. The molecule has 2 aromatic rings. The molecule has 1 N–H and O–H groups in total. The minimum Gasteiger partial charge on any atom is -0.381 e. The Morgan fingerprint density at radius 3 is 2.61 bits per heavy atom. The molecule has 0 spiro atoms. The van der Waals surface area contributed by atoms with Crippen LogP contribution in [0.4, 0.5) is 0 Å². The molecule has 1 aliphatic heterocycles. The van der Waals surface area contributed by atoms with E-state index in [0.717, 1.165) is 29.2 Å². The third-order valence-corrected chi connectivity index (χ3v) is 5.71. The van der Waals surface area contributed by atoms with Crippen LogP contribution in [0.1, 0.15) is 23.3 Å². The lowest BCUT2D eigenvalue weighted by Crippen LogP contribution is -2.48. The molecular formula is C18H20ClNO2S. The van der Waals surface area contributed by atoms with Gasteiger partial charge in [0.15, 0.2) is 0 Å². The van der Waals surface area contributed by atoms with Gasteiger partial charge >= 0.3 is 0 Å². The van der Waals surface area contributed by atoms with Gasteiger partial charge in [-0.15, -0.1) is 11.3 Å².